The van der Waals surface area contributed by atoms with E-state index in [0.29, 0.717) is 15.7 Å². The van der Waals surface area contributed by atoms with Crippen molar-refractivity contribution < 1.29 is 0 Å². The van der Waals surface area contributed by atoms with Crippen molar-refractivity contribution >= 4 is 11.8 Å². The first kappa shape index (κ1) is 12.5. The molecule has 0 unspecified atom stereocenters. The van der Waals surface area contributed by atoms with Crippen LogP contribution in [-0.4, -0.2) is 15.0 Å². The topological polar surface area (TPSA) is 62.5 Å². The number of aromatic nitrogens is 3. The van der Waals surface area contributed by atoms with Crippen molar-refractivity contribution in [3.63, 3.8) is 0 Å². The third kappa shape index (κ3) is 2.66. The van der Waals surface area contributed by atoms with Gasteiger partial charge in [0.2, 0.25) is 0 Å². The lowest BCUT2D eigenvalue weighted by Crippen LogP contribution is -1.95. The van der Waals surface area contributed by atoms with Gasteiger partial charge in [0, 0.05) is 18.1 Å². The molecule has 5 heteroatoms. The van der Waals surface area contributed by atoms with Gasteiger partial charge in [-0.2, -0.15) is 5.26 Å². The van der Waals surface area contributed by atoms with Crippen LogP contribution in [0.1, 0.15) is 22.4 Å². The van der Waals surface area contributed by atoms with Crippen LogP contribution in [0.15, 0.2) is 28.6 Å². The number of rotatable bonds is 2. The van der Waals surface area contributed by atoms with E-state index < -0.39 is 0 Å². The predicted octanol–water partition coefficient (Wildman–Crippen LogP) is 2.82. The summed E-state index contributed by atoms with van der Waals surface area (Å²) in [5, 5.41) is 10.4. The van der Waals surface area contributed by atoms with E-state index in [1.54, 1.807) is 12.4 Å². The first-order chi connectivity index (χ1) is 8.60. The average molecular weight is 256 g/mol. The number of nitrogens with zero attached hydrogens (tertiary/aromatic N) is 4. The first-order valence-electron chi connectivity index (χ1n) is 5.45. The fourth-order valence-electron chi connectivity index (χ4n) is 1.53. The fraction of sp³-hybridized carbons (Fsp3) is 0.231. The minimum absolute atomic E-state index is 0.592. The SMILES string of the molecule is Cc1cnc(Sc2nc(C)cc(C)c2C#N)nc1. The van der Waals surface area contributed by atoms with Crippen LogP contribution in [0.25, 0.3) is 0 Å². The van der Waals surface area contributed by atoms with Gasteiger partial charge in [0.1, 0.15) is 11.1 Å². The third-order valence-corrected chi connectivity index (χ3v) is 3.25. The molecule has 0 aromatic carbocycles. The Kier molecular flexibility index (Phi) is 3.58. The van der Waals surface area contributed by atoms with Crippen LogP contribution in [0, 0.1) is 32.1 Å². The molecule has 4 nitrogen and oxygen atoms in total. The van der Waals surface area contributed by atoms with E-state index in [1.165, 1.54) is 11.8 Å². The Morgan fingerprint density at radius 2 is 1.83 bits per heavy atom. The van der Waals surface area contributed by atoms with Gasteiger partial charge in [-0.05, 0) is 49.7 Å². The summed E-state index contributed by atoms with van der Waals surface area (Å²) >= 11 is 1.32. The van der Waals surface area contributed by atoms with Crippen molar-refractivity contribution in [1.82, 2.24) is 15.0 Å². The Balaban J connectivity index is 2.40. The highest BCUT2D eigenvalue weighted by Gasteiger charge is 2.11. The second-order valence-electron chi connectivity index (χ2n) is 4.02. The lowest BCUT2D eigenvalue weighted by atomic mass is 10.1. The molecule has 0 amide bonds. The Morgan fingerprint density at radius 3 is 2.44 bits per heavy atom. The van der Waals surface area contributed by atoms with Crippen molar-refractivity contribution in [3.8, 4) is 6.07 Å². The molecule has 0 atom stereocenters. The molecule has 0 bridgehead atoms. The fourth-order valence-corrected chi connectivity index (χ4v) is 2.41. The van der Waals surface area contributed by atoms with Crippen LogP contribution in [0.4, 0.5) is 0 Å². The van der Waals surface area contributed by atoms with Gasteiger partial charge < -0.3 is 0 Å². The molecule has 2 aromatic rings. The van der Waals surface area contributed by atoms with Gasteiger partial charge in [-0.3, -0.25) is 0 Å². The van der Waals surface area contributed by atoms with Gasteiger partial charge in [0.15, 0.2) is 5.16 Å². The lowest BCUT2D eigenvalue weighted by molar-refractivity contribution is 0.938. The largest absolute Gasteiger partial charge is 0.245 e. The summed E-state index contributed by atoms with van der Waals surface area (Å²) in [6.07, 6.45) is 3.51. The molecular formula is C13H12N4S. The molecule has 2 rings (SSSR count). The van der Waals surface area contributed by atoms with E-state index in [4.69, 9.17) is 5.26 Å². The van der Waals surface area contributed by atoms with Gasteiger partial charge in [-0.15, -0.1) is 0 Å². The Labute approximate surface area is 110 Å². The second kappa shape index (κ2) is 5.15. The first-order valence-corrected chi connectivity index (χ1v) is 6.26. The molecule has 0 N–H and O–H groups in total. The number of nitriles is 1. The summed E-state index contributed by atoms with van der Waals surface area (Å²) in [4.78, 5) is 12.8. The van der Waals surface area contributed by atoms with Crippen molar-refractivity contribution in [1.29, 1.82) is 5.26 Å². The van der Waals surface area contributed by atoms with E-state index in [1.807, 2.05) is 26.8 Å². The highest BCUT2D eigenvalue weighted by molar-refractivity contribution is 7.99. The predicted molar refractivity (Wildman–Crippen MR) is 69.3 cm³/mol. The van der Waals surface area contributed by atoms with E-state index >= 15 is 0 Å². The zero-order valence-corrected chi connectivity index (χ0v) is 11.2. The summed E-state index contributed by atoms with van der Waals surface area (Å²) < 4.78 is 0. The molecule has 0 saturated heterocycles. The number of pyridine rings is 1. The molecule has 0 aliphatic rings. The molecule has 2 heterocycles. The van der Waals surface area contributed by atoms with Crippen LogP contribution in [0.2, 0.25) is 0 Å². The van der Waals surface area contributed by atoms with Gasteiger partial charge in [0.25, 0.3) is 0 Å². The molecule has 0 saturated carbocycles. The third-order valence-electron chi connectivity index (χ3n) is 2.37. The quantitative estimate of drug-likeness (QED) is 0.773. The zero-order chi connectivity index (χ0) is 13.1. The number of hydrogen-bond donors (Lipinski definition) is 0. The minimum atomic E-state index is 0.592. The summed E-state index contributed by atoms with van der Waals surface area (Å²) in [6, 6.07) is 4.09. The normalized spacial score (nSPS) is 10.1. The second-order valence-corrected chi connectivity index (χ2v) is 4.97. The average Bonchev–Trinajstić information content (AvgIpc) is 2.32. The number of aryl methyl sites for hydroxylation is 3. The van der Waals surface area contributed by atoms with Crippen LogP contribution >= 0.6 is 11.8 Å². The Hall–Kier alpha value is -1.93. The molecule has 0 radical (unpaired) electrons. The van der Waals surface area contributed by atoms with Crippen LogP contribution in [0.5, 0.6) is 0 Å². The van der Waals surface area contributed by atoms with E-state index in [-0.39, 0.29) is 0 Å². The Morgan fingerprint density at radius 1 is 1.17 bits per heavy atom. The molecule has 90 valence electrons. The summed E-state index contributed by atoms with van der Waals surface area (Å²) in [7, 11) is 0. The molecular weight excluding hydrogens is 244 g/mol. The molecule has 0 fully saturated rings. The van der Waals surface area contributed by atoms with Gasteiger partial charge >= 0.3 is 0 Å². The molecule has 0 spiro atoms. The summed E-state index contributed by atoms with van der Waals surface area (Å²) in [5.41, 5.74) is 3.42. The maximum absolute atomic E-state index is 9.17. The lowest BCUT2D eigenvalue weighted by Gasteiger charge is -2.06. The number of hydrogen-bond acceptors (Lipinski definition) is 5. The van der Waals surface area contributed by atoms with Crippen LogP contribution in [0.3, 0.4) is 0 Å². The zero-order valence-electron chi connectivity index (χ0n) is 10.4. The molecule has 18 heavy (non-hydrogen) atoms. The van der Waals surface area contributed by atoms with Crippen LogP contribution in [-0.2, 0) is 0 Å². The monoisotopic (exact) mass is 256 g/mol. The maximum Gasteiger partial charge on any atom is 0.193 e. The van der Waals surface area contributed by atoms with Crippen molar-refractivity contribution in [2.75, 3.05) is 0 Å². The smallest absolute Gasteiger partial charge is 0.193 e. The van der Waals surface area contributed by atoms with E-state index in [9.17, 15) is 0 Å². The van der Waals surface area contributed by atoms with Crippen molar-refractivity contribution in [2.45, 2.75) is 31.0 Å². The molecule has 2 aromatic heterocycles. The standard InChI is InChI=1S/C13H12N4S/c1-8-6-15-13(16-7-8)18-12-11(5-14)9(2)4-10(3)17-12/h4,6-7H,1-3H3. The van der Waals surface area contributed by atoms with E-state index in [2.05, 4.69) is 21.0 Å². The van der Waals surface area contributed by atoms with Gasteiger partial charge in [-0.25, -0.2) is 15.0 Å². The minimum Gasteiger partial charge on any atom is -0.245 e. The van der Waals surface area contributed by atoms with Gasteiger partial charge in [0.05, 0.1) is 5.56 Å². The summed E-state index contributed by atoms with van der Waals surface area (Å²) in [5.74, 6) is 0. The van der Waals surface area contributed by atoms with Crippen molar-refractivity contribution in [3.05, 3.63) is 40.8 Å². The Bertz CT molecular complexity index is 614. The van der Waals surface area contributed by atoms with Crippen molar-refractivity contribution in [2.24, 2.45) is 0 Å². The molecule has 0 aliphatic heterocycles. The van der Waals surface area contributed by atoms with E-state index in [0.717, 1.165) is 16.8 Å². The van der Waals surface area contributed by atoms with Crippen LogP contribution < -0.4 is 0 Å². The maximum atomic E-state index is 9.17. The highest BCUT2D eigenvalue weighted by atomic mass is 32.2. The molecule has 0 aliphatic carbocycles. The summed E-state index contributed by atoms with van der Waals surface area (Å²) in [6.45, 7) is 5.76. The van der Waals surface area contributed by atoms with Gasteiger partial charge in [-0.1, -0.05) is 0 Å². The highest BCUT2D eigenvalue weighted by Crippen LogP contribution is 2.27.